The molecule has 0 N–H and O–H groups in total. The van der Waals surface area contributed by atoms with Gasteiger partial charge in [-0.1, -0.05) is 6.92 Å². The van der Waals surface area contributed by atoms with E-state index in [2.05, 4.69) is 15.9 Å². The average molecular weight is 346 g/mol. The Labute approximate surface area is 122 Å². The number of amides is 2. The van der Waals surface area contributed by atoms with Gasteiger partial charge in [0.15, 0.2) is 0 Å². The van der Waals surface area contributed by atoms with Gasteiger partial charge in [-0.3, -0.25) is 14.5 Å². The molecule has 2 amide bonds. The van der Waals surface area contributed by atoms with E-state index in [-0.39, 0.29) is 17.2 Å². The maximum atomic E-state index is 12.1. The Kier molecular flexibility index (Phi) is 4.29. The number of carbonyl (C=O) groups excluding carboxylic acids is 2. The number of thioether (sulfide) groups is 1. The highest BCUT2D eigenvalue weighted by molar-refractivity contribution is 9.10. The molecule has 1 aromatic rings. The average Bonchev–Trinajstić information content (AvgIpc) is 2.84. The van der Waals surface area contributed by atoms with Crippen LogP contribution in [0.15, 0.2) is 20.8 Å². The molecule has 1 saturated heterocycles. The molecule has 1 aliphatic rings. The van der Waals surface area contributed by atoms with Gasteiger partial charge >= 0.3 is 0 Å². The summed E-state index contributed by atoms with van der Waals surface area (Å²) in [5.74, 6) is -0.177. The van der Waals surface area contributed by atoms with Crippen LogP contribution in [0.2, 0.25) is 0 Å². The van der Waals surface area contributed by atoms with Gasteiger partial charge in [0.25, 0.3) is 11.1 Å². The topological polar surface area (TPSA) is 37.4 Å². The van der Waals surface area contributed by atoms with Crippen LogP contribution in [-0.4, -0.2) is 22.1 Å². The maximum Gasteiger partial charge on any atom is 0.293 e. The first-order chi connectivity index (χ1) is 8.52. The molecule has 0 bridgehead atoms. The fourth-order valence-corrected chi connectivity index (χ4v) is 3.95. The van der Waals surface area contributed by atoms with Crippen LogP contribution in [0.25, 0.3) is 6.08 Å². The summed E-state index contributed by atoms with van der Waals surface area (Å²) >= 11 is 5.92. The van der Waals surface area contributed by atoms with Crippen molar-refractivity contribution in [3.63, 3.8) is 0 Å². The Balaban J connectivity index is 2.25. The second-order valence-corrected chi connectivity index (χ2v) is 6.83. The lowest BCUT2D eigenvalue weighted by Crippen LogP contribution is -2.36. The van der Waals surface area contributed by atoms with Crippen molar-refractivity contribution in [1.82, 2.24) is 4.90 Å². The van der Waals surface area contributed by atoms with Gasteiger partial charge in [-0.05, 0) is 53.2 Å². The zero-order valence-electron chi connectivity index (χ0n) is 9.97. The molecule has 2 heterocycles. The van der Waals surface area contributed by atoms with Gasteiger partial charge in [0, 0.05) is 20.8 Å². The summed E-state index contributed by atoms with van der Waals surface area (Å²) in [6.45, 7) is 3.86. The molecule has 96 valence electrons. The summed E-state index contributed by atoms with van der Waals surface area (Å²) in [4.78, 5) is 26.8. The molecule has 0 unspecified atom stereocenters. The molecule has 1 atom stereocenters. The number of imide groups is 1. The fraction of sp³-hybridized carbons (Fsp3) is 0.333. The highest BCUT2D eigenvalue weighted by Crippen LogP contribution is 2.35. The van der Waals surface area contributed by atoms with Crippen molar-refractivity contribution >= 4 is 56.3 Å². The van der Waals surface area contributed by atoms with Crippen molar-refractivity contribution in [3.05, 3.63) is 25.7 Å². The lowest BCUT2D eigenvalue weighted by Gasteiger charge is -2.19. The van der Waals surface area contributed by atoms with Crippen LogP contribution in [0, 0.1) is 0 Å². The molecule has 6 heteroatoms. The Morgan fingerprint density at radius 3 is 2.78 bits per heavy atom. The van der Waals surface area contributed by atoms with Crippen LogP contribution in [0.4, 0.5) is 4.79 Å². The molecule has 1 fully saturated rings. The van der Waals surface area contributed by atoms with Crippen molar-refractivity contribution in [2.45, 2.75) is 26.3 Å². The molecular weight excluding hydrogens is 334 g/mol. The first kappa shape index (κ1) is 13.8. The number of hydrogen-bond donors (Lipinski definition) is 0. The molecule has 3 nitrogen and oxygen atoms in total. The van der Waals surface area contributed by atoms with Crippen molar-refractivity contribution in [2.75, 3.05) is 0 Å². The minimum Gasteiger partial charge on any atom is -0.268 e. The zero-order chi connectivity index (χ0) is 13.3. The molecule has 1 aliphatic heterocycles. The van der Waals surface area contributed by atoms with Crippen LogP contribution >= 0.6 is 39.0 Å². The summed E-state index contributed by atoms with van der Waals surface area (Å²) in [5.41, 5.74) is 0. The number of halogens is 1. The highest BCUT2D eigenvalue weighted by Gasteiger charge is 2.37. The lowest BCUT2D eigenvalue weighted by molar-refractivity contribution is -0.124. The summed E-state index contributed by atoms with van der Waals surface area (Å²) in [6.07, 6.45) is 2.55. The number of hydrogen-bond acceptors (Lipinski definition) is 4. The maximum absolute atomic E-state index is 12.1. The third kappa shape index (κ3) is 2.70. The number of rotatable bonds is 3. The van der Waals surface area contributed by atoms with Crippen molar-refractivity contribution in [2.24, 2.45) is 0 Å². The molecule has 0 aliphatic carbocycles. The van der Waals surface area contributed by atoms with E-state index in [9.17, 15) is 9.59 Å². The van der Waals surface area contributed by atoms with E-state index in [4.69, 9.17) is 0 Å². The summed E-state index contributed by atoms with van der Waals surface area (Å²) < 4.78 is 0.986. The minimum atomic E-state index is -0.177. The van der Waals surface area contributed by atoms with Crippen molar-refractivity contribution < 1.29 is 9.59 Å². The zero-order valence-corrected chi connectivity index (χ0v) is 13.2. The fourth-order valence-electron chi connectivity index (χ4n) is 1.58. The standard InChI is InChI=1S/C12H12BrNO2S2/c1-3-7(2)14-11(15)10(18-12(14)16)5-9-4-8(13)6-17-9/h4-7H,3H2,1-2H3/b10-5+/t7-/m0/s1. The van der Waals surface area contributed by atoms with Gasteiger partial charge in [0.05, 0.1) is 4.91 Å². The Hall–Kier alpha value is -0.590. The first-order valence-corrected chi connectivity index (χ1v) is 8.03. The number of carbonyl (C=O) groups is 2. The lowest BCUT2D eigenvalue weighted by atomic mass is 10.2. The minimum absolute atomic E-state index is 0.0431. The molecule has 0 aromatic carbocycles. The van der Waals surface area contributed by atoms with Crippen molar-refractivity contribution in [1.29, 1.82) is 0 Å². The normalized spacial score (nSPS) is 19.9. The monoisotopic (exact) mass is 345 g/mol. The van der Waals surface area contributed by atoms with Gasteiger partial charge in [0.2, 0.25) is 0 Å². The largest absolute Gasteiger partial charge is 0.293 e. The van der Waals surface area contributed by atoms with Gasteiger partial charge in [-0.25, -0.2) is 0 Å². The van der Waals surface area contributed by atoms with E-state index in [0.717, 1.165) is 27.5 Å². The molecule has 0 spiro atoms. The van der Waals surface area contributed by atoms with Gasteiger partial charge in [-0.15, -0.1) is 11.3 Å². The highest BCUT2D eigenvalue weighted by atomic mass is 79.9. The quantitative estimate of drug-likeness (QED) is 0.764. The second kappa shape index (κ2) is 5.59. The third-order valence-electron chi connectivity index (χ3n) is 2.72. The second-order valence-electron chi connectivity index (χ2n) is 3.98. The molecule has 2 rings (SSSR count). The van der Waals surface area contributed by atoms with E-state index in [1.165, 1.54) is 16.2 Å². The Morgan fingerprint density at radius 1 is 1.50 bits per heavy atom. The van der Waals surface area contributed by atoms with Gasteiger partial charge in [-0.2, -0.15) is 0 Å². The molecule has 0 saturated carbocycles. The van der Waals surface area contributed by atoms with E-state index in [0.29, 0.717) is 4.91 Å². The van der Waals surface area contributed by atoms with E-state index < -0.39 is 0 Å². The predicted molar refractivity (Wildman–Crippen MR) is 79.6 cm³/mol. The van der Waals surface area contributed by atoms with Crippen molar-refractivity contribution in [3.8, 4) is 0 Å². The van der Waals surface area contributed by atoms with Gasteiger partial charge in [0.1, 0.15) is 0 Å². The summed E-state index contributed by atoms with van der Waals surface area (Å²) in [7, 11) is 0. The Morgan fingerprint density at radius 2 is 2.22 bits per heavy atom. The molecule has 1 aromatic heterocycles. The molecule has 0 radical (unpaired) electrons. The predicted octanol–water partition coefficient (Wildman–Crippen LogP) is 4.35. The van der Waals surface area contributed by atoms with Crippen LogP contribution in [-0.2, 0) is 4.79 Å². The van der Waals surface area contributed by atoms with Crippen LogP contribution in [0.3, 0.4) is 0 Å². The van der Waals surface area contributed by atoms with E-state index in [1.807, 2.05) is 25.3 Å². The SMILES string of the molecule is CC[C@H](C)N1C(=O)S/C(=C/c2cc(Br)cs2)C1=O. The first-order valence-electron chi connectivity index (χ1n) is 5.54. The smallest absolute Gasteiger partial charge is 0.268 e. The molecule has 18 heavy (non-hydrogen) atoms. The third-order valence-corrected chi connectivity index (χ3v) is 5.24. The van der Waals surface area contributed by atoms with Crippen LogP contribution < -0.4 is 0 Å². The van der Waals surface area contributed by atoms with E-state index in [1.54, 1.807) is 6.08 Å². The Bertz CT molecular complexity index is 524. The van der Waals surface area contributed by atoms with Crippen LogP contribution in [0.5, 0.6) is 0 Å². The summed E-state index contributed by atoms with van der Waals surface area (Å²) in [6, 6.07) is 1.89. The van der Waals surface area contributed by atoms with Gasteiger partial charge < -0.3 is 0 Å². The van der Waals surface area contributed by atoms with E-state index >= 15 is 0 Å². The number of thiophene rings is 1. The summed E-state index contributed by atoms with van der Waals surface area (Å²) in [5, 5.41) is 1.78. The molecular formula is C12H12BrNO2S2. The number of nitrogens with zero attached hydrogens (tertiary/aromatic N) is 1. The van der Waals surface area contributed by atoms with Crippen LogP contribution in [0.1, 0.15) is 25.1 Å².